The van der Waals surface area contributed by atoms with Crippen LogP contribution in [0, 0.1) is 5.82 Å². The Morgan fingerprint density at radius 3 is 2.62 bits per heavy atom. The van der Waals surface area contributed by atoms with Crippen molar-refractivity contribution in [2.45, 2.75) is 44.4 Å². The summed E-state index contributed by atoms with van der Waals surface area (Å²) in [7, 11) is 0. The molecule has 0 spiro atoms. The second kappa shape index (κ2) is 7.55. The first-order valence-corrected chi connectivity index (χ1v) is 9.83. The van der Waals surface area contributed by atoms with Crippen LogP contribution >= 0.6 is 0 Å². The van der Waals surface area contributed by atoms with Crippen LogP contribution in [0.2, 0.25) is 0 Å². The highest BCUT2D eigenvalue weighted by Gasteiger charge is 2.42. The van der Waals surface area contributed by atoms with Gasteiger partial charge in [-0.3, -0.25) is 4.79 Å². The van der Waals surface area contributed by atoms with Gasteiger partial charge in [-0.1, -0.05) is 12.1 Å². The molecule has 3 unspecified atom stereocenters. The molecule has 2 aliphatic heterocycles. The molecular weight excluding hydrogens is 375 g/mol. The number of hydrogen-bond acceptors (Lipinski definition) is 5. The number of halogens is 1. The van der Waals surface area contributed by atoms with Crippen molar-refractivity contribution >= 4 is 11.7 Å². The fourth-order valence-electron chi connectivity index (χ4n) is 4.05. The fraction of sp³-hybridized carbons (Fsp3) is 0.409. The monoisotopic (exact) mass is 400 g/mol. The van der Waals surface area contributed by atoms with E-state index in [0.717, 1.165) is 18.7 Å². The average Bonchev–Trinajstić information content (AvgIpc) is 3.24. The van der Waals surface area contributed by atoms with Crippen LogP contribution in [-0.4, -0.2) is 36.3 Å². The number of carboxylic acids is 1. The molecule has 0 bridgehead atoms. The number of hydrogen-bond donors (Lipinski definition) is 2. The van der Waals surface area contributed by atoms with Gasteiger partial charge in [0, 0.05) is 30.8 Å². The lowest BCUT2D eigenvalue weighted by Crippen LogP contribution is -2.27. The Balaban J connectivity index is 1.77. The van der Waals surface area contributed by atoms with Gasteiger partial charge in [-0.15, -0.1) is 0 Å². The topological polar surface area (TPSA) is 85.0 Å². The number of carboxylic acid groups (broad SMARTS) is 1. The normalized spacial score (nSPS) is 23.2. The molecule has 7 heteroatoms. The minimum absolute atomic E-state index is 0.0680. The minimum atomic E-state index is -0.996. The molecular formula is C22H25FN2O4. The number of nitrogens with zero attached hydrogens (tertiary/aromatic N) is 1. The lowest BCUT2D eigenvalue weighted by atomic mass is 9.91. The van der Waals surface area contributed by atoms with Gasteiger partial charge in [0.2, 0.25) is 0 Å². The van der Waals surface area contributed by atoms with Crippen molar-refractivity contribution < 1.29 is 23.8 Å². The van der Waals surface area contributed by atoms with Crippen LogP contribution in [-0.2, 0) is 4.79 Å². The van der Waals surface area contributed by atoms with E-state index in [2.05, 4.69) is 4.90 Å². The summed E-state index contributed by atoms with van der Waals surface area (Å²) in [6.45, 7) is 5.37. The third-order valence-corrected chi connectivity index (χ3v) is 5.38. The van der Waals surface area contributed by atoms with Crippen molar-refractivity contribution in [3.8, 4) is 11.5 Å². The highest BCUT2D eigenvalue weighted by atomic mass is 19.1. The van der Waals surface area contributed by atoms with Crippen molar-refractivity contribution in [1.82, 2.24) is 0 Å². The van der Waals surface area contributed by atoms with Gasteiger partial charge >= 0.3 is 5.97 Å². The maximum atomic E-state index is 13.3. The van der Waals surface area contributed by atoms with E-state index in [-0.39, 0.29) is 18.0 Å². The zero-order chi connectivity index (χ0) is 20.7. The largest absolute Gasteiger partial charge is 0.489 e. The molecule has 1 fully saturated rings. The Morgan fingerprint density at radius 1 is 1.31 bits per heavy atom. The smallest absolute Gasteiger partial charge is 0.315 e. The molecule has 1 saturated heterocycles. The number of carbonyl (C=O) groups is 1. The van der Waals surface area contributed by atoms with Crippen molar-refractivity contribution in [3.05, 3.63) is 53.3 Å². The molecule has 154 valence electrons. The summed E-state index contributed by atoms with van der Waals surface area (Å²) in [5.74, 6) is -1.14. The molecule has 0 aliphatic carbocycles. The second-order valence-electron chi connectivity index (χ2n) is 7.93. The molecule has 4 rings (SSSR count). The summed E-state index contributed by atoms with van der Waals surface area (Å²) in [5.41, 5.74) is 8.11. The number of benzene rings is 2. The molecule has 2 heterocycles. The van der Waals surface area contributed by atoms with Crippen molar-refractivity contribution in [1.29, 1.82) is 0 Å². The number of anilines is 1. The van der Waals surface area contributed by atoms with Gasteiger partial charge in [0.05, 0.1) is 11.8 Å². The Hall–Kier alpha value is -2.80. The summed E-state index contributed by atoms with van der Waals surface area (Å²) >= 11 is 0. The van der Waals surface area contributed by atoms with Crippen LogP contribution in [0.3, 0.4) is 0 Å². The average molecular weight is 400 g/mol. The Morgan fingerprint density at radius 2 is 2.03 bits per heavy atom. The molecule has 3 N–H and O–H groups in total. The van der Waals surface area contributed by atoms with E-state index in [9.17, 15) is 14.3 Å². The predicted octanol–water partition coefficient (Wildman–Crippen LogP) is 3.45. The number of fused-ring (bicyclic) bond motifs is 1. The first-order chi connectivity index (χ1) is 13.8. The fourth-order valence-corrected chi connectivity index (χ4v) is 4.05. The van der Waals surface area contributed by atoms with Crippen LogP contribution < -0.4 is 20.1 Å². The van der Waals surface area contributed by atoms with Crippen LogP contribution in [0.15, 0.2) is 36.4 Å². The quantitative estimate of drug-likeness (QED) is 0.800. The van der Waals surface area contributed by atoms with Crippen molar-refractivity contribution in [2.24, 2.45) is 5.73 Å². The molecule has 0 radical (unpaired) electrons. The number of ether oxygens (including phenoxy) is 2. The molecule has 2 aliphatic rings. The molecule has 0 aromatic heterocycles. The highest BCUT2D eigenvalue weighted by Crippen LogP contribution is 2.50. The van der Waals surface area contributed by atoms with Gasteiger partial charge in [0.1, 0.15) is 29.3 Å². The lowest BCUT2D eigenvalue weighted by molar-refractivity contribution is -0.140. The predicted molar refractivity (Wildman–Crippen MR) is 107 cm³/mol. The van der Waals surface area contributed by atoms with Gasteiger partial charge in [0.25, 0.3) is 0 Å². The SMILES string of the molecule is CC(C)Oc1cc2c(cc1N1CCC(N)C1)OC(c1ccc(F)cc1)C2C(=O)O. The van der Waals surface area contributed by atoms with Gasteiger partial charge in [-0.2, -0.15) is 0 Å². The van der Waals surface area contributed by atoms with E-state index in [1.807, 2.05) is 19.9 Å². The van der Waals surface area contributed by atoms with E-state index in [1.54, 1.807) is 18.2 Å². The Labute approximate surface area is 169 Å². The molecule has 3 atom stereocenters. The van der Waals surface area contributed by atoms with Gasteiger partial charge < -0.3 is 25.2 Å². The Bertz CT molecular complexity index is 916. The minimum Gasteiger partial charge on any atom is -0.489 e. The summed E-state index contributed by atoms with van der Waals surface area (Å²) in [4.78, 5) is 14.3. The van der Waals surface area contributed by atoms with Crippen molar-refractivity contribution in [3.63, 3.8) is 0 Å². The van der Waals surface area contributed by atoms with Crippen LogP contribution in [0.4, 0.5) is 10.1 Å². The van der Waals surface area contributed by atoms with Crippen LogP contribution in [0.25, 0.3) is 0 Å². The third kappa shape index (κ3) is 3.74. The van der Waals surface area contributed by atoms with Gasteiger partial charge in [0.15, 0.2) is 0 Å². The summed E-state index contributed by atoms with van der Waals surface area (Å²) in [6.07, 6.45) is 0.0855. The molecule has 29 heavy (non-hydrogen) atoms. The van der Waals surface area contributed by atoms with Gasteiger partial charge in [-0.25, -0.2) is 4.39 Å². The molecule has 0 saturated carbocycles. The molecule has 2 aromatic rings. The number of nitrogens with two attached hydrogens (primary N) is 1. The van der Waals surface area contributed by atoms with E-state index in [1.165, 1.54) is 12.1 Å². The van der Waals surface area contributed by atoms with E-state index >= 15 is 0 Å². The van der Waals surface area contributed by atoms with Crippen LogP contribution in [0.1, 0.15) is 43.4 Å². The number of aliphatic carboxylic acids is 1. The first-order valence-electron chi connectivity index (χ1n) is 9.83. The van der Waals surface area contributed by atoms with E-state index in [0.29, 0.717) is 29.2 Å². The summed E-state index contributed by atoms with van der Waals surface area (Å²) in [6, 6.07) is 9.47. The van der Waals surface area contributed by atoms with Gasteiger partial charge in [-0.05, 0) is 44.0 Å². The Kier molecular flexibility index (Phi) is 5.08. The molecule has 0 amide bonds. The van der Waals surface area contributed by atoms with Crippen LogP contribution in [0.5, 0.6) is 11.5 Å². The maximum Gasteiger partial charge on any atom is 0.315 e. The third-order valence-electron chi connectivity index (χ3n) is 5.38. The van der Waals surface area contributed by atoms with E-state index < -0.39 is 18.0 Å². The standard InChI is InChI=1S/C22H25FN2O4/c1-12(2)28-19-9-16-18(10-17(19)25-8-7-15(24)11-25)29-21(20(16)22(26)27)13-3-5-14(23)6-4-13/h3-6,9-10,12,15,20-21H,7-8,11,24H2,1-2H3,(H,26,27). The zero-order valence-electron chi connectivity index (χ0n) is 16.5. The summed E-state index contributed by atoms with van der Waals surface area (Å²) < 4.78 is 25.4. The lowest BCUT2D eigenvalue weighted by Gasteiger charge is -2.24. The summed E-state index contributed by atoms with van der Waals surface area (Å²) in [5, 5.41) is 9.91. The maximum absolute atomic E-state index is 13.3. The second-order valence-corrected chi connectivity index (χ2v) is 7.93. The highest BCUT2D eigenvalue weighted by molar-refractivity contribution is 5.81. The first kappa shape index (κ1) is 19.5. The molecule has 6 nitrogen and oxygen atoms in total. The van der Waals surface area contributed by atoms with Crippen molar-refractivity contribution in [2.75, 3.05) is 18.0 Å². The zero-order valence-corrected chi connectivity index (χ0v) is 16.5. The van der Waals surface area contributed by atoms with E-state index in [4.69, 9.17) is 15.2 Å². The molecule has 2 aromatic carbocycles. The number of rotatable bonds is 5.